The molecule has 0 saturated carbocycles. The lowest BCUT2D eigenvalue weighted by Crippen LogP contribution is -2.05. The van der Waals surface area contributed by atoms with E-state index < -0.39 is 0 Å². The fourth-order valence-corrected chi connectivity index (χ4v) is 1.82. The predicted octanol–water partition coefficient (Wildman–Crippen LogP) is 4.02. The van der Waals surface area contributed by atoms with Gasteiger partial charge in [0.1, 0.15) is 5.75 Å². The third-order valence-corrected chi connectivity index (χ3v) is 2.99. The molecule has 0 aromatic heterocycles. The van der Waals surface area contributed by atoms with E-state index in [9.17, 15) is 5.11 Å². The van der Waals surface area contributed by atoms with Crippen molar-refractivity contribution in [2.45, 2.75) is 25.5 Å². The van der Waals surface area contributed by atoms with Crippen molar-refractivity contribution in [3.63, 3.8) is 0 Å². The monoisotopic (exact) mass is 287 g/mol. The molecule has 0 amide bonds. The first-order valence-electron chi connectivity index (χ1n) is 4.59. The van der Waals surface area contributed by atoms with Gasteiger partial charge in [0, 0.05) is 21.0 Å². The van der Waals surface area contributed by atoms with E-state index >= 15 is 0 Å². The predicted molar refractivity (Wildman–Crippen MR) is 70.7 cm³/mol. The maximum absolute atomic E-state index is 9.59. The van der Waals surface area contributed by atoms with E-state index in [0.717, 1.165) is 4.47 Å². The van der Waals surface area contributed by atoms with Crippen LogP contribution in [-0.2, 0) is 0 Å². The highest BCUT2D eigenvalue weighted by atomic mass is 79.9. The van der Waals surface area contributed by atoms with Crippen LogP contribution in [0, 0.1) is 0 Å². The molecule has 1 aromatic rings. The lowest BCUT2D eigenvalue weighted by molar-refractivity contribution is 0.474. The SMILES string of the molecule is CC(C)(C)SN=Cc1c(O)cccc1Br. The van der Waals surface area contributed by atoms with E-state index in [2.05, 4.69) is 41.1 Å². The summed E-state index contributed by atoms with van der Waals surface area (Å²) in [6.07, 6.45) is 1.68. The molecule has 0 heterocycles. The van der Waals surface area contributed by atoms with Gasteiger partial charge in [-0.25, -0.2) is 4.40 Å². The number of aromatic hydroxyl groups is 1. The maximum atomic E-state index is 9.59. The van der Waals surface area contributed by atoms with Crippen molar-refractivity contribution in [3.8, 4) is 5.75 Å². The summed E-state index contributed by atoms with van der Waals surface area (Å²) in [6.45, 7) is 6.28. The third-order valence-electron chi connectivity index (χ3n) is 1.54. The van der Waals surface area contributed by atoms with Crippen molar-refractivity contribution >= 4 is 34.1 Å². The second-order valence-corrected chi connectivity index (χ2v) is 6.58. The Kier molecular flexibility index (Phi) is 4.22. The van der Waals surface area contributed by atoms with Crippen LogP contribution in [0.25, 0.3) is 0 Å². The van der Waals surface area contributed by atoms with Gasteiger partial charge < -0.3 is 5.11 Å². The first kappa shape index (κ1) is 12.6. The lowest BCUT2D eigenvalue weighted by atomic mass is 10.2. The Morgan fingerprint density at radius 3 is 2.60 bits per heavy atom. The highest BCUT2D eigenvalue weighted by Gasteiger charge is 2.09. The van der Waals surface area contributed by atoms with Crippen molar-refractivity contribution in [3.05, 3.63) is 28.2 Å². The average molecular weight is 288 g/mol. The van der Waals surface area contributed by atoms with E-state index in [1.165, 1.54) is 11.9 Å². The Hall–Kier alpha value is -0.480. The standard InChI is InChI=1S/C11H14BrNOS/c1-11(2,3)15-13-7-8-9(12)5-4-6-10(8)14/h4-7,14H,1-3H3. The van der Waals surface area contributed by atoms with E-state index in [0.29, 0.717) is 5.56 Å². The summed E-state index contributed by atoms with van der Waals surface area (Å²) in [5, 5.41) is 9.59. The van der Waals surface area contributed by atoms with Gasteiger partial charge in [-0.15, -0.1) is 0 Å². The molecule has 2 nitrogen and oxygen atoms in total. The minimum Gasteiger partial charge on any atom is -0.507 e. The molecule has 4 heteroatoms. The van der Waals surface area contributed by atoms with Gasteiger partial charge in [0.05, 0.1) is 0 Å². The number of hydrogen-bond acceptors (Lipinski definition) is 3. The largest absolute Gasteiger partial charge is 0.507 e. The van der Waals surface area contributed by atoms with Crippen LogP contribution in [0.5, 0.6) is 5.75 Å². The molecule has 0 radical (unpaired) electrons. The number of nitrogens with zero attached hydrogens (tertiary/aromatic N) is 1. The molecule has 1 rings (SSSR count). The molecule has 0 fully saturated rings. The highest BCUT2D eigenvalue weighted by molar-refractivity contribution is 9.10. The molecule has 0 bridgehead atoms. The van der Waals surface area contributed by atoms with Crippen LogP contribution < -0.4 is 0 Å². The Labute approximate surface area is 103 Å². The summed E-state index contributed by atoms with van der Waals surface area (Å²) in [5.74, 6) is 0.239. The van der Waals surface area contributed by atoms with Crippen molar-refractivity contribution in [2.75, 3.05) is 0 Å². The van der Waals surface area contributed by atoms with Gasteiger partial charge in [-0.05, 0) is 60.8 Å². The number of benzene rings is 1. The van der Waals surface area contributed by atoms with E-state index in [1.54, 1.807) is 18.3 Å². The summed E-state index contributed by atoms with van der Waals surface area (Å²) in [4.78, 5) is 0. The topological polar surface area (TPSA) is 32.6 Å². The molecule has 0 saturated heterocycles. The molecule has 1 N–H and O–H groups in total. The molecule has 0 aliphatic carbocycles. The quantitative estimate of drug-likeness (QED) is 0.658. The summed E-state index contributed by atoms with van der Waals surface area (Å²) >= 11 is 4.85. The van der Waals surface area contributed by atoms with Gasteiger partial charge in [-0.1, -0.05) is 6.07 Å². The zero-order chi connectivity index (χ0) is 11.5. The zero-order valence-electron chi connectivity index (χ0n) is 8.99. The minimum atomic E-state index is 0.0907. The van der Waals surface area contributed by atoms with Crippen LogP contribution in [0.1, 0.15) is 26.3 Å². The van der Waals surface area contributed by atoms with Gasteiger partial charge in [0.25, 0.3) is 0 Å². The molecule has 0 spiro atoms. The highest BCUT2D eigenvalue weighted by Crippen LogP contribution is 2.27. The first-order chi connectivity index (χ1) is 6.90. The summed E-state index contributed by atoms with van der Waals surface area (Å²) in [7, 11) is 0. The third kappa shape index (κ3) is 4.26. The summed E-state index contributed by atoms with van der Waals surface area (Å²) < 4.78 is 5.17. The van der Waals surface area contributed by atoms with E-state index in [4.69, 9.17) is 0 Å². The van der Waals surface area contributed by atoms with Gasteiger partial charge >= 0.3 is 0 Å². The molecular formula is C11H14BrNOS. The van der Waals surface area contributed by atoms with Gasteiger partial charge in [-0.3, -0.25) is 0 Å². The first-order valence-corrected chi connectivity index (χ1v) is 6.16. The minimum absolute atomic E-state index is 0.0907. The van der Waals surface area contributed by atoms with Crippen LogP contribution in [0.2, 0.25) is 0 Å². The average Bonchev–Trinajstić information content (AvgIpc) is 2.08. The lowest BCUT2D eigenvalue weighted by Gasteiger charge is -2.12. The molecule has 0 aliphatic rings. The van der Waals surface area contributed by atoms with Gasteiger partial charge in [-0.2, -0.15) is 0 Å². The summed E-state index contributed by atoms with van der Waals surface area (Å²) in [6, 6.07) is 5.31. The van der Waals surface area contributed by atoms with E-state index in [1.807, 2.05) is 6.07 Å². The second kappa shape index (κ2) is 5.03. The Bertz CT molecular complexity index is 351. The smallest absolute Gasteiger partial charge is 0.125 e. The number of halogens is 1. The number of phenols is 1. The zero-order valence-corrected chi connectivity index (χ0v) is 11.4. The molecule has 15 heavy (non-hydrogen) atoms. The molecule has 0 aliphatic heterocycles. The van der Waals surface area contributed by atoms with Crippen molar-refractivity contribution < 1.29 is 5.11 Å². The number of phenolic OH excluding ortho intramolecular Hbond substituents is 1. The van der Waals surface area contributed by atoms with Crippen LogP contribution in [-0.4, -0.2) is 16.1 Å². The van der Waals surface area contributed by atoms with Crippen LogP contribution in [0.4, 0.5) is 0 Å². The summed E-state index contributed by atoms with van der Waals surface area (Å²) in [5.41, 5.74) is 0.717. The molecule has 1 aromatic carbocycles. The van der Waals surface area contributed by atoms with Crippen molar-refractivity contribution in [1.29, 1.82) is 0 Å². The molecule has 0 atom stereocenters. The number of hydrogen-bond donors (Lipinski definition) is 1. The molecular weight excluding hydrogens is 274 g/mol. The molecule has 0 unspecified atom stereocenters. The van der Waals surface area contributed by atoms with Gasteiger partial charge in [0.15, 0.2) is 0 Å². The Balaban J connectivity index is 2.81. The Morgan fingerprint density at radius 2 is 2.07 bits per heavy atom. The normalized spacial score (nSPS) is 12.3. The van der Waals surface area contributed by atoms with Crippen molar-refractivity contribution in [2.24, 2.45) is 4.40 Å². The van der Waals surface area contributed by atoms with E-state index in [-0.39, 0.29) is 10.5 Å². The second-order valence-electron chi connectivity index (χ2n) is 4.11. The van der Waals surface area contributed by atoms with Crippen LogP contribution >= 0.6 is 27.9 Å². The maximum Gasteiger partial charge on any atom is 0.125 e. The van der Waals surface area contributed by atoms with Crippen LogP contribution in [0.15, 0.2) is 27.1 Å². The van der Waals surface area contributed by atoms with Crippen molar-refractivity contribution in [1.82, 2.24) is 0 Å². The fraction of sp³-hybridized carbons (Fsp3) is 0.364. The van der Waals surface area contributed by atoms with Crippen LogP contribution in [0.3, 0.4) is 0 Å². The Morgan fingerprint density at radius 1 is 1.40 bits per heavy atom. The molecule has 82 valence electrons. The van der Waals surface area contributed by atoms with Gasteiger partial charge in [0.2, 0.25) is 0 Å². The number of rotatable bonds is 2. The fourth-order valence-electron chi connectivity index (χ4n) is 0.891.